The standard InChI is InChI=1S/C12H24N2O3/c1-5-10(6-2)9(3)13-12(17)14(4)8-7-11(15)16/h9-10H,5-8H2,1-4H3,(H,13,17)(H,15,16). The molecule has 0 aromatic rings. The molecule has 0 aromatic heterocycles. The number of aliphatic carboxylic acids is 1. The van der Waals surface area contributed by atoms with Gasteiger partial charge >= 0.3 is 12.0 Å². The van der Waals surface area contributed by atoms with E-state index in [2.05, 4.69) is 19.2 Å². The Kier molecular flexibility index (Phi) is 7.34. The van der Waals surface area contributed by atoms with Gasteiger partial charge in [0.1, 0.15) is 0 Å². The van der Waals surface area contributed by atoms with Crippen molar-refractivity contribution in [3.63, 3.8) is 0 Å². The number of carbonyl (C=O) groups is 2. The maximum Gasteiger partial charge on any atom is 0.317 e. The lowest BCUT2D eigenvalue weighted by molar-refractivity contribution is -0.137. The summed E-state index contributed by atoms with van der Waals surface area (Å²) < 4.78 is 0. The van der Waals surface area contributed by atoms with Crippen LogP contribution in [-0.2, 0) is 4.79 Å². The molecule has 0 fully saturated rings. The predicted molar refractivity (Wildman–Crippen MR) is 66.9 cm³/mol. The first-order valence-electron chi connectivity index (χ1n) is 6.15. The van der Waals surface area contributed by atoms with E-state index in [0.29, 0.717) is 5.92 Å². The van der Waals surface area contributed by atoms with Gasteiger partial charge in [-0.3, -0.25) is 4.79 Å². The second-order valence-corrected chi connectivity index (χ2v) is 4.38. The minimum absolute atomic E-state index is 0.0245. The average Bonchev–Trinajstić information content (AvgIpc) is 2.27. The van der Waals surface area contributed by atoms with E-state index in [4.69, 9.17) is 5.11 Å². The van der Waals surface area contributed by atoms with Crippen molar-refractivity contribution in [3.05, 3.63) is 0 Å². The third-order valence-electron chi connectivity index (χ3n) is 3.11. The van der Waals surface area contributed by atoms with Crippen molar-refractivity contribution in [2.45, 2.75) is 46.1 Å². The van der Waals surface area contributed by atoms with Crippen LogP contribution in [0.1, 0.15) is 40.0 Å². The van der Waals surface area contributed by atoms with Crippen molar-refractivity contribution in [1.29, 1.82) is 0 Å². The van der Waals surface area contributed by atoms with E-state index in [1.54, 1.807) is 7.05 Å². The van der Waals surface area contributed by atoms with Gasteiger partial charge in [-0.15, -0.1) is 0 Å². The molecule has 0 bridgehead atoms. The summed E-state index contributed by atoms with van der Waals surface area (Å²) in [6.45, 7) is 6.42. The summed E-state index contributed by atoms with van der Waals surface area (Å²) in [6, 6.07) is -0.0876. The van der Waals surface area contributed by atoms with Crippen molar-refractivity contribution in [2.75, 3.05) is 13.6 Å². The molecule has 0 spiro atoms. The first-order valence-corrected chi connectivity index (χ1v) is 6.15. The molecule has 0 rings (SSSR count). The minimum atomic E-state index is -0.891. The van der Waals surface area contributed by atoms with Gasteiger partial charge < -0.3 is 15.3 Å². The summed E-state index contributed by atoms with van der Waals surface area (Å²) in [7, 11) is 1.61. The molecule has 5 heteroatoms. The van der Waals surface area contributed by atoms with E-state index in [9.17, 15) is 9.59 Å². The highest BCUT2D eigenvalue weighted by atomic mass is 16.4. The van der Waals surface area contributed by atoms with Crippen LogP contribution in [0.25, 0.3) is 0 Å². The molecule has 0 saturated carbocycles. The maximum atomic E-state index is 11.7. The van der Waals surface area contributed by atoms with Gasteiger partial charge in [-0.1, -0.05) is 26.7 Å². The van der Waals surface area contributed by atoms with Crippen LogP contribution in [0.2, 0.25) is 0 Å². The molecule has 0 saturated heterocycles. The highest BCUT2D eigenvalue weighted by Gasteiger charge is 2.18. The number of hydrogen-bond donors (Lipinski definition) is 2. The summed E-state index contributed by atoms with van der Waals surface area (Å²) in [4.78, 5) is 23.5. The van der Waals surface area contributed by atoms with Crippen molar-refractivity contribution in [1.82, 2.24) is 10.2 Å². The Morgan fingerprint density at radius 1 is 1.29 bits per heavy atom. The second-order valence-electron chi connectivity index (χ2n) is 4.38. The fourth-order valence-corrected chi connectivity index (χ4v) is 1.78. The van der Waals surface area contributed by atoms with E-state index in [0.717, 1.165) is 12.8 Å². The average molecular weight is 244 g/mol. The number of carboxylic acids is 1. The molecule has 0 aliphatic heterocycles. The zero-order valence-electron chi connectivity index (χ0n) is 11.2. The number of amides is 2. The Labute approximate surface area is 103 Å². The topological polar surface area (TPSA) is 69.6 Å². The molecule has 0 heterocycles. The summed E-state index contributed by atoms with van der Waals surface area (Å²) in [6.07, 6.45) is 2.02. The van der Waals surface area contributed by atoms with Crippen LogP contribution >= 0.6 is 0 Å². The lowest BCUT2D eigenvalue weighted by atomic mass is 9.96. The van der Waals surface area contributed by atoms with Crippen molar-refractivity contribution < 1.29 is 14.7 Å². The summed E-state index contributed by atoms with van der Waals surface area (Å²) in [5.41, 5.74) is 0. The number of carbonyl (C=O) groups excluding carboxylic acids is 1. The Morgan fingerprint density at radius 2 is 1.82 bits per heavy atom. The summed E-state index contributed by atoms with van der Waals surface area (Å²) in [5.74, 6) is -0.426. The molecule has 17 heavy (non-hydrogen) atoms. The van der Waals surface area contributed by atoms with E-state index in [1.807, 2.05) is 6.92 Å². The molecule has 0 aliphatic carbocycles. The number of nitrogens with one attached hydrogen (secondary N) is 1. The Morgan fingerprint density at radius 3 is 2.24 bits per heavy atom. The molecular formula is C12H24N2O3. The summed E-state index contributed by atoms with van der Waals surface area (Å²) >= 11 is 0. The van der Waals surface area contributed by atoms with Crippen LogP contribution < -0.4 is 5.32 Å². The molecule has 2 N–H and O–H groups in total. The van der Waals surface area contributed by atoms with Gasteiger partial charge in [0, 0.05) is 19.6 Å². The third kappa shape index (κ3) is 6.14. The number of hydrogen-bond acceptors (Lipinski definition) is 2. The fraction of sp³-hybridized carbons (Fsp3) is 0.833. The molecule has 1 atom stereocenters. The number of rotatable bonds is 7. The Hall–Kier alpha value is -1.26. The Balaban J connectivity index is 4.10. The molecular weight excluding hydrogens is 220 g/mol. The van der Waals surface area contributed by atoms with Gasteiger partial charge in [0.2, 0.25) is 0 Å². The van der Waals surface area contributed by atoms with Crippen LogP contribution in [-0.4, -0.2) is 41.6 Å². The molecule has 0 radical (unpaired) electrons. The molecule has 100 valence electrons. The third-order valence-corrected chi connectivity index (χ3v) is 3.11. The van der Waals surface area contributed by atoms with Gasteiger partial charge in [-0.05, 0) is 12.8 Å². The number of carboxylic acid groups (broad SMARTS) is 1. The van der Waals surface area contributed by atoms with Gasteiger partial charge in [0.25, 0.3) is 0 Å². The monoisotopic (exact) mass is 244 g/mol. The maximum absolute atomic E-state index is 11.7. The predicted octanol–water partition coefficient (Wildman–Crippen LogP) is 1.93. The molecule has 0 aliphatic rings. The zero-order chi connectivity index (χ0) is 13.4. The highest BCUT2D eigenvalue weighted by Crippen LogP contribution is 2.12. The van der Waals surface area contributed by atoms with Crippen LogP contribution in [0, 0.1) is 5.92 Å². The zero-order valence-corrected chi connectivity index (χ0v) is 11.2. The highest BCUT2D eigenvalue weighted by molar-refractivity contribution is 5.75. The van der Waals surface area contributed by atoms with Gasteiger partial charge in [0.15, 0.2) is 0 Å². The lowest BCUT2D eigenvalue weighted by Crippen LogP contribution is -2.45. The van der Waals surface area contributed by atoms with E-state index < -0.39 is 5.97 Å². The SMILES string of the molecule is CCC(CC)C(C)NC(=O)N(C)CCC(=O)O. The molecule has 1 unspecified atom stereocenters. The molecule has 2 amide bonds. The Bertz CT molecular complexity index is 252. The minimum Gasteiger partial charge on any atom is -0.481 e. The van der Waals surface area contributed by atoms with Gasteiger partial charge in [-0.25, -0.2) is 4.79 Å². The quantitative estimate of drug-likeness (QED) is 0.719. The van der Waals surface area contributed by atoms with Gasteiger partial charge in [-0.2, -0.15) is 0 Å². The van der Waals surface area contributed by atoms with Gasteiger partial charge in [0.05, 0.1) is 6.42 Å². The van der Waals surface area contributed by atoms with Crippen molar-refractivity contribution >= 4 is 12.0 Å². The first-order chi connectivity index (χ1) is 7.92. The van der Waals surface area contributed by atoms with E-state index >= 15 is 0 Å². The fourth-order valence-electron chi connectivity index (χ4n) is 1.78. The van der Waals surface area contributed by atoms with Crippen molar-refractivity contribution in [3.8, 4) is 0 Å². The molecule has 5 nitrogen and oxygen atoms in total. The number of urea groups is 1. The van der Waals surface area contributed by atoms with E-state index in [1.165, 1.54) is 4.90 Å². The normalized spacial score (nSPS) is 12.3. The molecule has 0 aromatic carbocycles. The second kappa shape index (κ2) is 7.92. The van der Waals surface area contributed by atoms with E-state index in [-0.39, 0.29) is 25.0 Å². The largest absolute Gasteiger partial charge is 0.481 e. The first kappa shape index (κ1) is 15.7. The van der Waals surface area contributed by atoms with Crippen molar-refractivity contribution in [2.24, 2.45) is 5.92 Å². The van der Waals surface area contributed by atoms with Crippen LogP contribution in [0.5, 0.6) is 0 Å². The summed E-state index contributed by atoms with van der Waals surface area (Å²) in [5, 5.41) is 11.4. The number of nitrogens with zero attached hydrogens (tertiary/aromatic N) is 1. The lowest BCUT2D eigenvalue weighted by Gasteiger charge is -2.25. The smallest absolute Gasteiger partial charge is 0.317 e. The van der Waals surface area contributed by atoms with Crippen LogP contribution in [0.4, 0.5) is 4.79 Å². The van der Waals surface area contributed by atoms with Crippen LogP contribution in [0.3, 0.4) is 0 Å². The van der Waals surface area contributed by atoms with Crippen LogP contribution in [0.15, 0.2) is 0 Å².